The van der Waals surface area contributed by atoms with E-state index in [-0.39, 0.29) is 0 Å². The van der Waals surface area contributed by atoms with Crippen LogP contribution in [-0.2, 0) is 11.0 Å². The van der Waals surface area contributed by atoms with Crippen LogP contribution in [0.1, 0.15) is 12.7 Å². The molecule has 2 aromatic heterocycles. The van der Waals surface area contributed by atoms with Gasteiger partial charge in [0.2, 0.25) is 0 Å². The van der Waals surface area contributed by atoms with Crippen LogP contribution in [0.4, 0.5) is 0 Å². The lowest BCUT2D eigenvalue weighted by Crippen LogP contribution is -2.33. The van der Waals surface area contributed by atoms with E-state index in [1.54, 1.807) is 0 Å². The number of benzene rings is 5. The fraction of sp³-hybridized carbons (Fsp3) is 0.0606. The maximum atomic E-state index is 15.3. The van der Waals surface area contributed by atoms with Gasteiger partial charge in [0.25, 0.3) is 0 Å². The first-order valence-electron chi connectivity index (χ1n) is 13.0. The first-order valence-corrected chi connectivity index (χ1v) is 14.7. The molecule has 38 heavy (non-hydrogen) atoms. The van der Waals surface area contributed by atoms with Gasteiger partial charge in [-0.1, -0.05) is 85.8 Å². The molecule has 7 aromatic rings. The molecule has 3 heterocycles. The first-order chi connectivity index (χ1) is 18.7. The van der Waals surface area contributed by atoms with Crippen molar-refractivity contribution in [2.24, 2.45) is 0 Å². The molecule has 0 bridgehead atoms. The number of aryl methyl sites for hydroxylation is 1. The summed E-state index contributed by atoms with van der Waals surface area (Å²) in [4.78, 5) is 5.25. The van der Waals surface area contributed by atoms with Crippen LogP contribution < -0.4 is 15.9 Å². The van der Waals surface area contributed by atoms with Crippen LogP contribution in [-0.4, -0.2) is 14.1 Å². The average molecular weight is 510 g/mol. The van der Waals surface area contributed by atoms with Crippen molar-refractivity contribution < 1.29 is 4.57 Å². The SMILES string of the molecule is CCc1nc2c(-n3c4ccccc4c4ccccc43)ccc3c2n1-c1ccccc1P3(=O)c1ccccc1. The number of hydrogen-bond donors (Lipinski definition) is 0. The Morgan fingerprint density at radius 3 is 1.97 bits per heavy atom. The smallest absolute Gasteiger partial charge is 0.175 e. The fourth-order valence-electron chi connectivity index (χ4n) is 6.28. The summed E-state index contributed by atoms with van der Waals surface area (Å²) in [5.74, 6) is 0.973. The predicted molar refractivity (Wildman–Crippen MR) is 158 cm³/mol. The molecule has 1 aliphatic rings. The summed E-state index contributed by atoms with van der Waals surface area (Å²) in [5, 5.41) is 5.00. The zero-order valence-corrected chi connectivity index (χ0v) is 21.8. The largest absolute Gasteiger partial charge is 0.308 e. The van der Waals surface area contributed by atoms with E-state index < -0.39 is 7.14 Å². The first kappa shape index (κ1) is 21.7. The van der Waals surface area contributed by atoms with Crippen LogP contribution >= 0.6 is 7.14 Å². The highest BCUT2D eigenvalue weighted by molar-refractivity contribution is 7.86. The zero-order chi connectivity index (χ0) is 25.4. The van der Waals surface area contributed by atoms with Gasteiger partial charge in [0.1, 0.15) is 11.3 Å². The Kier molecular flexibility index (Phi) is 4.45. The third-order valence-electron chi connectivity index (χ3n) is 7.89. The van der Waals surface area contributed by atoms with Crippen LogP contribution in [0, 0.1) is 0 Å². The molecule has 0 radical (unpaired) electrons. The predicted octanol–water partition coefficient (Wildman–Crippen LogP) is 6.64. The van der Waals surface area contributed by atoms with Crippen LogP contribution in [0.15, 0.2) is 115 Å². The standard InChI is InChI=1S/C33H24N3OP/c1-2-31-34-32-28(35-25-16-8-6-14-23(25)24-15-7-9-17-26(24)35)20-21-30-33(32)36(31)27-18-10-11-19-29(27)38(30,37)22-12-4-3-5-13-22/h3-21H,2H2,1H3. The molecular formula is C33H24N3OP. The van der Waals surface area contributed by atoms with Gasteiger partial charge in [-0.25, -0.2) is 4.98 Å². The Morgan fingerprint density at radius 1 is 0.632 bits per heavy atom. The highest BCUT2D eigenvalue weighted by atomic mass is 31.2. The van der Waals surface area contributed by atoms with E-state index in [1.165, 1.54) is 10.8 Å². The molecule has 0 saturated carbocycles. The highest BCUT2D eigenvalue weighted by Gasteiger charge is 2.40. The second-order valence-corrected chi connectivity index (χ2v) is 12.5. The second kappa shape index (κ2) is 7.80. The molecule has 0 spiro atoms. The van der Waals surface area contributed by atoms with Crippen LogP contribution in [0.3, 0.4) is 0 Å². The Bertz CT molecular complexity index is 2050. The summed E-state index contributed by atoms with van der Waals surface area (Å²) >= 11 is 0. The molecule has 0 fully saturated rings. The van der Waals surface area contributed by atoms with Crippen molar-refractivity contribution >= 4 is 55.9 Å². The van der Waals surface area contributed by atoms with Crippen LogP contribution in [0.25, 0.3) is 44.2 Å². The topological polar surface area (TPSA) is 39.8 Å². The minimum Gasteiger partial charge on any atom is -0.308 e. The molecule has 0 amide bonds. The van der Waals surface area contributed by atoms with E-state index >= 15 is 4.57 Å². The lowest BCUT2D eigenvalue weighted by Gasteiger charge is -2.29. The maximum absolute atomic E-state index is 15.3. The van der Waals surface area contributed by atoms with Crippen molar-refractivity contribution in [1.82, 2.24) is 14.1 Å². The number of imidazole rings is 1. The van der Waals surface area contributed by atoms with Crippen molar-refractivity contribution in [2.75, 3.05) is 0 Å². The Hall–Kier alpha value is -4.40. The van der Waals surface area contributed by atoms with Crippen molar-refractivity contribution in [3.63, 3.8) is 0 Å². The minimum atomic E-state index is -3.12. The molecule has 5 aromatic carbocycles. The maximum Gasteiger partial charge on any atom is 0.175 e. The van der Waals surface area contributed by atoms with Crippen molar-refractivity contribution in [2.45, 2.75) is 13.3 Å². The second-order valence-electron chi connectivity index (χ2n) is 9.82. The minimum absolute atomic E-state index is 0.769. The number of nitrogens with zero attached hydrogens (tertiary/aromatic N) is 3. The van der Waals surface area contributed by atoms with Gasteiger partial charge in [-0.3, -0.25) is 4.57 Å². The van der Waals surface area contributed by atoms with Gasteiger partial charge in [-0.2, -0.15) is 0 Å². The molecule has 1 unspecified atom stereocenters. The average Bonchev–Trinajstić information content (AvgIpc) is 3.53. The van der Waals surface area contributed by atoms with E-state index in [9.17, 15) is 0 Å². The number of hydrogen-bond acceptors (Lipinski definition) is 2. The van der Waals surface area contributed by atoms with Gasteiger partial charge in [0, 0.05) is 33.1 Å². The molecular weight excluding hydrogens is 485 g/mol. The van der Waals surface area contributed by atoms with Crippen molar-refractivity contribution in [1.29, 1.82) is 0 Å². The van der Waals surface area contributed by atoms with E-state index in [4.69, 9.17) is 4.98 Å². The number of rotatable bonds is 3. The summed E-state index contributed by atoms with van der Waals surface area (Å²) in [5.41, 5.74) is 6.08. The summed E-state index contributed by atoms with van der Waals surface area (Å²) < 4.78 is 19.9. The van der Waals surface area contributed by atoms with Crippen LogP contribution in [0.2, 0.25) is 0 Å². The van der Waals surface area contributed by atoms with Gasteiger partial charge in [-0.15, -0.1) is 0 Å². The third-order valence-corrected chi connectivity index (χ3v) is 11.0. The fourth-order valence-corrected chi connectivity index (χ4v) is 9.27. The van der Waals surface area contributed by atoms with Gasteiger partial charge in [-0.05, 0) is 36.4 Å². The lowest BCUT2D eigenvalue weighted by molar-refractivity contribution is 0.592. The summed E-state index contributed by atoms with van der Waals surface area (Å²) in [6, 6.07) is 39.3. The summed E-state index contributed by atoms with van der Waals surface area (Å²) in [6.07, 6.45) is 0.769. The van der Waals surface area contributed by atoms with Gasteiger partial charge in [0.05, 0.1) is 27.9 Å². The molecule has 5 heteroatoms. The van der Waals surface area contributed by atoms with Crippen LogP contribution in [0.5, 0.6) is 0 Å². The molecule has 0 N–H and O–H groups in total. The zero-order valence-electron chi connectivity index (χ0n) is 20.9. The lowest BCUT2D eigenvalue weighted by atomic mass is 10.2. The quantitative estimate of drug-likeness (QED) is 0.251. The van der Waals surface area contributed by atoms with E-state index in [2.05, 4.69) is 82.8 Å². The number of para-hydroxylation sites is 3. The summed E-state index contributed by atoms with van der Waals surface area (Å²) in [6.45, 7) is 2.14. The molecule has 1 aliphatic heterocycles. The Morgan fingerprint density at radius 2 is 1.26 bits per heavy atom. The van der Waals surface area contributed by atoms with Crippen molar-refractivity contribution in [3.8, 4) is 11.4 Å². The van der Waals surface area contributed by atoms with E-state index in [0.29, 0.717) is 0 Å². The third kappa shape index (κ3) is 2.65. The van der Waals surface area contributed by atoms with Crippen molar-refractivity contribution in [3.05, 3.63) is 121 Å². The monoisotopic (exact) mass is 509 g/mol. The normalized spacial score (nSPS) is 16.3. The molecule has 0 aliphatic carbocycles. The Balaban J connectivity index is 1.56. The molecule has 8 rings (SSSR count). The van der Waals surface area contributed by atoms with E-state index in [1.807, 2.05) is 48.5 Å². The van der Waals surface area contributed by atoms with Gasteiger partial charge in [0.15, 0.2) is 7.14 Å². The van der Waals surface area contributed by atoms with Gasteiger partial charge < -0.3 is 9.13 Å². The number of fused-ring (bicyclic) bond motifs is 5. The highest BCUT2D eigenvalue weighted by Crippen LogP contribution is 2.50. The Labute approximate surface area is 220 Å². The number of aromatic nitrogens is 3. The van der Waals surface area contributed by atoms with Gasteiger partial charge >= 0.3 is 0 Å². The summed E-state index contributed by atoms with van der Waals surface area (Å²) in [7, 11) is -3.12. The molecule has 4 nitrogen and oxygen atoms in total. The molecule has 0 saturated heterocycles. The molecule has 1 atom stereocenters. The van der Waals surface area contributed by atoms with E-state index in [0.717, 1.165) is 61.6 Å². The molecule has 182 valence electrons.